The molecular weight excluding hydrogens is 475 g/mol. The number of fused-ring (bicyclic) bond motifs is 2. The Morgan fingerprint density at radius 2 is 1.71 bits per heavy atom. The molecule has 0 bridgehead atoms. The zero-order valence-corrected chi connectivity index (χ0v) is 20.0. The van der Waals surface area contributed by atoms with Gasteiger partial charge in [0, 0.05) is 35.4 Å². The first-order valence-electron chi connectivity index (χ1n) is 10.0. The predicted molar refractivity (Wildman–Crippen MR) is 135 cm³/mol. The SMILES string of the molecule is CCCCC1=CC(=CC2Sc3ccccc3N2CC)c2ccccc2N1C.I. The van der Waals surface area contributed by atoms with Crippen LogP contribution in [0, 0.1) is 0 Å². The molecule has 0 radical (unpaired) electrons. The van der Waals surface area contributed by atoms with Gasteiger partial charge in [-0.1, -0.05) is 55.4 Å². The Morgan fingerprint density at radius 1 is 1.00 bits per heavy atom. The summed E-state index contributed by atoms with van der Waals surface area (Å²) in [6.45, 7) is 5.53. The molecule has 2 heterocycles. The van der Waals surface area contributed by atoms with Gasteiger partial charge in [0.2, 0.25) is 0 Å². The van der Waals surface area contributed by atoms with Gasteiger partial charge in [-0.2, -0.15) is 0 Å². The van der Waals surface area contributed by atoms with Crippen molar-refractivity contribution in [2.24, 2.45) is 0 Å². The average Bonchev–Trinajstić information content (AvgIpc) is 3.06. The number of likely N-dealkylation sites (N-methyl/N-ethyl adjacent to an activating group) is 1. The number of benzene rings is 2. The largest absolute Gasteiger partial charge is 0.355 e. The maximum absolute atomic E-state index is 2.51. The smallest absolute Gasteiger partial charge is 0.0991 e. The Bertz CT molecular complexity index is 890. The topological polar surface area (TPSA) is 6.48 Å². The molecule has 28 heavy (non-hydrogen) atoms. The Hall–Kier alpha value is -1.40. The second-order valence-electron chi connectivity index (χ2n) is 7.20. The summed E-state index contributed by atoms with van der Waals surface area (Å²) in [6, 6.07) is 17.6. The van der Waals surface area contributed by atoms with Crippen LogP contribution < -0.4 is 9.80 Å². The third-order valence-corrected chi connectivity index (χ3v) is 6.74. The highest BCUT2D eigenvalue weighted by Crippen LogP contribution is 2.45. The van der Waals surface area contributed by atoms with Crippen molar-refractivity contribution in [3.63, 3.8) is 0 Å². The first-order chi connectivity index (χ1) is 13.2. The lowest BCUT2D eigenvalue weighted by molar-refractivity contribution is 0.766. The van der Waals surface area contributed by atoms with Crippen LogP contribution in [0.2, 0.25) is 0 Å². The van der Waals surface area contributed by atoms with Crippen LogP contribution in [0.3, 0.4) is 0 Å². The molecule has 0 aromatic heterocycles. The van der Waals surface area contributed by atoms with E-state index in [2.05, 4.69) is 91.4 Å². The normalized spacial score (nSPS) is 19.2. The maximum atomic E-state index is 2.51. The molecular formula is C24H29IN2S. The minimum atomic E-state index is 0. The molecule has 0 saturated heterocycles. The second kappa shape index (κ2) is 9.40. The molecule has 0 saturated carbocycles. The molecule has 4 rings (SSSR count). The molecule has 2 aliphatic heterocycles. The van der Waals surface area contributed by atoms with Gasteiger partial charge in [-0.25, -0.2) is 0 Å². The summed E-state index contributed by atoms with van der Waals surface area (Å²) >= 11 is 1.96. The number of hydrogen-bond donors (Lipinski definition) is 0. The molecule has 2 aromatic rings. The van der Waals surface area contributed by atoms with Gasteiger partial charge in [-0.3, -0.25) is 0 Å². The Balaban J connectivity index is 0.00000225. The molecule has 0 fully saturated rings. The lowest BCUT2D eigenvalue weighted by Gasteiger charge is -2.31. The number of anilines is 2. The Labute approximate surface area is 190 Å². The third-order valence-electron chi connectivity index (χ3n) is 5.51. The van der Waals surface area contributed by atoms with Gasteiger partial charge in [0.1, 0.15) is 0 Å². The van der Waals surface area contributed by atoms with Gasteiger partial charge in [0.25, 0.3) is 0 Å². The maximum Gasteiger partial charge on any atom is 0.0991 e. The fourth-order valence-corrected chi connectivity index (χ4v) is 5.34. The first-order valence-corrected chi connectivity index (χ1v) is 10.9. The minimum Gasteiger partial charge on any atom is -0.355 e. The Morgan fingerprint density at radius 3 is 2.46 bits per heavy atom. The number of nitrogens with zero attached hydrogens (tertiary/aromatic N) is 2. The van der Waals surface area contributed by atoms with Crippen LogP contribution in [0.25, 0.3) is 5.57 Å². The number of rotatable bonds is 5. The van der Waals surface area contributed by atoms with Crippen LogP contribution in [0.5, 0.6) is 0 Å². The van der Waals surface area contributed by atoms with Crippen LogP contribution in [0.15, 0.2) is 71.3 Å². The van der Waals surface area contributed by atoms with Crippen LogP contribution in [0.1, 0.15) is 38.7 Å². The van der Waals surface area contributed by atoms with Crippen molar-refractivity contribution in [2.45, 2.75) is 43.4 Å². The lowest BCUT2D eigenvalue weighted by Crippen LogP contribution is -2.28. The van der Waals surface area contributed by atoms with Gasteiger partial charge < -0.3 is 9.80 Å². The molecule has 0 amide bonds. The van der Waals surface area contributed by atoms with E-state index in [1.165, 1.54) is 45.9 Å². The molecule has 1 atom stereocenters. The van der Waals surface area contributed by atoms with Gasteiger partial charge in [-0.15, -0.1) is 24.0 Å². The summed E-state index contributed by atoms with van der Waals surface area (Å²) in [6.07, 6.45) is 8.47. The molecule has 0 aliphatic carbocycles. The fraction of sp³-hybridized carbons (Fsp3) is 0.333. The number of unbranched alkanes of at least 4 members (excludes halogenated alkanes) is 1. The zero-order chi connectivity index (χ0) is 18.8. The molecule has 2 aliphatic rings. The summed E-state index contributed by atoms with van der Waals surface area (Å²) in [7, 11) is 2.20. The summed E-state index contributed by atoms with van der Waals surface area (Å²) < 4.78 is 0. The molecule has 2 nitrogen and oxygen atoms in total. The summed E-state index contributed by atoms with van der Waals surface area (Å²) in [5, 5.41) is 0.350. The average molecular weight is 504 g/mol. The van der Waals surface area contributed by atoms with Crippen molar-refractivity contribution in [3.8, 4) is 0 Å². The predicted octanol–water partition coefficient (Wildman–Crippen LogP) is 7.17. The van der Waals surface area contributed by atoms with E-state index >= 15 is 0 Å². The van der Waals surface area contributed by atoms with Crippen molar-refractivity contribution in [1.29, 1.82) is 0 Å². The second-order valence-corrected chi connectivity index (χ2v) is 8.36. The van der Waals surface area contributed by atoms with E-state index in [0.29, 0.717) is 5.37 Å². The highest BCUT2D eigenvalue weighted by molar-refractivity contribution is 14.0. The van der Waals surface area contributed by atoms with Gasteiger partial charge in [-0.05, 0) is 55.7 Å². The molecule has 148 valence electrons. The third kappa shape index (κ3) is 3.99. The van der Waals surface area contributed by atoms with Crippen LogP contribution >= 0.6 is 35.7 Å². The summed E-state index contributed by atoms with van der Waals surface area (Å²) in [4.78, 5) is 6.27. The van der Waals surface area contributed by atoms with E-state index in [9.17, 15) is 0 Å². The summed E-state index contributed by atoms with van der Waals surface area (Å²) in [5.74, 6) is 0. The van der Waals surface area contributed by atoms with E-state index in [1.807, 2.05) is 11.8 Å². The molecule has 0 N–H and O–H groups in total. The molecule has 4 heteroatoms. The number of halogens is 1. The van der Waals surface area contributed by atoms with Crippen LogP contribution in [0.4, 0.5) is 11.4 Å². The highest BCUT2D eigenvalue weighted by atomic mass is 127. The highest BCUT2D eigenvalue weighted by Gasteiger charge is 2.28. The van der Waals surface area contributed by atoms with Crippen molar-refractivity contribution >= 4 is 52.7 Å². The van der Waals surface area contributed by atoms with E-state index in [-0.39, 0.29) is 24.0 Å². The quantitative estimate of drug-likeness (QED) is 0.399. The standard InChI is InChI=1S/C24H28N2S.HI/c1-4-6-11-19-16-18(20-12-7-8-13-21(20)25(19)3)17-24-26(5-2)22-14-9-10-15-23(22)27-24;/h7-10,12-17,24H,4-6,11H2,1-3H3;1H. The van der Waals surface area contributed by atoms with Crippen molar-refractivity contribution in [1.82, 2.24) is 0 Å². The minimum absolute atomic E-state index is 0. The number of thioether (sulfide) groups is 1. The van der Waals surface area contributed by atoms with E-state index in [1.54, 1.807) is 0 Å². The van der Waals surface area contributed by atoms with Crippen molar-refractivity contribution < 1.29 is 0 Å². The van der Waals surface area contributed by atoms with Gasteiger partial charge in [0.15, 0.2) is 0 Å². The lowest BCUT2D eigenvalue weighted by atomic mass is 9.95. The first kappa shape index (κ1) is 21.3. The zero-order valence-electron chi connectivity index (χ0n) is 16.9. The fourth-order valence-electron chi connectivity index (χ4n) is 4.01. The van der Waals surface area contributed by atoms with Crippen LogP contribution in [-0.4, -0.2) is 19.0 Å². The molecule has 2 aromatic carbocycles. The monoisotopic (exact) mass is 504 g/mol. The van der Waals surface area contributed by atoms with Crippen molar-refractivity contribution in [3.05, 3.63) is 71.9 Å². The number of para-hydroxylation sites is 2. The van der Waals surface area contributed by atoms with Gasteiger partial charge >= 0.3 is 0 Å². The number of hydrogen-bond acceptors (Lipinski definition) is 3. The summed E-state index contributed by atoms with van der Waals surface area (Å²) in [5.41, 5.74) is 6.81. The van der Waals surface area contributed by atoms with Crippen molar-refractivity contribution in [2.75, 3.05) is 23.4 Å². The Kier molecular flexibility index (Phi) is 7.15. The number of allylic oxidation sites excluding steroid dienone is 3. The van der Waals surface area contributed by atoms with E-state index in [4.69, 9.17) is 0 Å². The molecule has 0 spiro atoms. The van der Waals surface area contributed by atoms with E-state index in [0.717, 1.165) is 13.0 Å². The van der Waals surface area contributed by atoms with Gasteiger partial charge in [0.05, 0.1) is 11.1 Å². The molecule has 1 unspecified atom stereocenters. The van der Waals surface area contributed by atoms with E-state index < -0.39 is 0 Å². The van der Waals surface area contributed by atoms with Crippen LogP contribution in [-0.2, 0) is 0 Å².